The van der Waals surface area contributed by atoms with Gasteiger partial charge in [-0.05, 0) is 30.3 Å². The maximum Gasteiger partial charge on any atom is 0.323 e. The number of furan rings is 1. The van der Waals surface area contributed by atoms with Gasteiger partial charge >= 0.3 is 6.03 Å². The van der Waals surface area contributed by atoms with Crippen molar-refractivity contribution in [2.24, 2.45) is 0 Å². The number of aromatic nitrogens is 1. The van der Waals surface area contributed by atoms with E-state index in [-0.39, 0.29) is 54.4 Å². The molecule has 9 nitrogen and oxygen atoms in total. The van der Waals surface area contributed by atoms with E-state index >= 15 is 0 Å². The number of fused-ring (bicyclic) bond motifs is 1. The molecule has 4 rings (SSSR count). The van der Waals surface area contributed by atoms with Crippen LogP contribution in [0.1, 0.15) is 28.7 Å². The Labute approximate surface area is 180 Å². The van der Waals surface area contributed by atoms with Crippen molar-refractivity contribution in [3.8, 4) is 0 Å². The van der Waals surface area contributed by atoms with Gasteiger partial charge in [-0.3, -0.25) is 9.59 Å². The highest BCUT2D eigenvalue weighted by atomic mass is 19.1. The van der Waals surface area contributed by atoms with Crippen LogP contribution < -0.4 is 21.3 Å². The highest BCUT2D eigenvalue weighted by molar-refractivity contribution is 6.01. The van der Waals surface area contributed by atoms with E-state index in [1.54, 1.807) is 16.7 Å². The van der Waals surface area contributed by atoms with E-state index in [1.807, 2.05) is 0 Å². The van der Waals surface area contributed by atoms with Crippen molar-refractivity contribution >= 4 is 29.2 Å². The molecule has 0 radical (unpaired) electrons. The average molecular weight is 443 g/mol. The number of amides is 4. The van der Waals surface area contributed by atoms with Crippen LogP contribution in [0.25, 0.3) is 0 Å². The van der Waals surface area contributed by atoms with Gasteiger partial charge in [0.2, 0.25) is 5.91 Å². The third-order valence-electron chi connectivity index (χ3n) is 4.87. The SMILES string of the molecule is O=C(CC1CNC(=O)c2cc(NC(=O)Nc3ccc(F)cc3F)cn21)NCc1ccco1. The molecule has 0 saturated heterocycles. The number of benzene rings is 1. The average Bonchev–Trinajstić information content (AvgIpc) is 3.41. The zero-order valence-electron chi connectivity index (χ0n) is 16.7. The minimum absolute atomic E-state index is 0.0924. The summed E-state index contributed by atoms with van der Waals surface area (Å²) in [5.74, 6) is -1.65. The number of hydrogen-bond donors (Lipinski definition) is 4. The van der Waals surface area contributed by atoms with Crippen LogP contribution in [0.3, 0.4) is 0 Å². The van der Waals surface area contributed by atoms with E-state index in [0.29, 0.717) is 11.8 Å². The zero-order chi connectivity index (χ0) is 22.7. The van der Waals surface area contributed by atoms with Gasteiger partial charge in [-0.15, -0.1) is 0 Å². The number of rotatable bonds is 6. The third kappa shape index (κ3) is 4.77. The molecule has 0 saturated carbocycles. The van der Waals surface area contributed by atoms with E-state index in [1.165, 1.54) is 18.5 Å². The zero-order valence-corrected chi connectivity index (χ0v) is 16.7. The van der Waals surface area contributed by atoms with Crippen molar-refractivity contribution in [2.75, 3.05) is 17.2 Å². The van der Waals surface area contributed by atoms with Crippen LogP contribution in [0.5, 0.6) is 0 Å². The number of urea groups is 1. The summed E-state index contributed by atoms with van der Waals surface area (Å²) in [5.41, 5.74) is 0.345. The molecule has 0 bridgehead atoms. The Kier molecular flexibility index (Phi) is 5.88. The first-order valence-corrected chi connectivity index (χ1v) is 9.71. The van der Waals surface area contributed by atoms with E-state index in [0.717, 1.165) is 12.1 Å². The van der Waals surface area contributed by atoms with Crippen molar-refractivity contribution in [2.45, 2.75) is 19.0 Å². The number of hydrogen-bond acceptors (Lipinski definition) is 4. The maximum absolute atomic E-state index is 13.7. The van der Waals surface area contributed by atoms with Crippen LogP contribution in [-0.4, -0.2) is 29.0 Å². The molecule has 4 N–H and O–H groups in total. The lowest BCUT2D eigenvalue weighted by molar-refractivity contribution is -0.122. The van der Waals surface area contributed by atoms with Gasteiger partial charge in [-0.2, -0.15) is 0 Å². The summed E-state index contributed by atoms with van der Waals surface area (Å²) in [7, 11) is 0. The predicted molar refractivity (Wildman–Crippen MR) is 110 cm³/mol. The van der Waals surface area contributed by atoms with Crippen molar-refractivity contribution in [1.29, 1.82) is 0 Å². The fourth-order valence-corrected chi connectivity index (χ4v) is 3.36. The fourth-order valence-electron chi connectivity index (χ4n) is 3.36. The normalized spacial score (nSPS) is 14.9. The number of carbonyl (C=O) groups is 3. The molecule has 1 aromatic carbocycles. The van der Waals surface area contributed by atoms with Gasteiger partial charge in [0.05, 0.1) is 30.2 Å². The summed E-state index contributed by atoms with van der Waals surface area (Å²) in [5, 5.41) is 10.2. The summed E-state index contributed by atoms with van der Waals surface area (Å²) in [6.07, 6.45) is 3.13. The number of carbonyl (C=O) groups excluding carboxylic acids is 3. The lowest BCUT2D eigenvalue weighted by atomic mass is 10.1. The van der Waals surface area contributed by atoms with Crippen LogP contribution in [0, 0.1) is 11.6 Å². The first-order valence-electron chi connectivity index (χ1n) is 9.71. The maximum atomic E-state index is 13.7. The van der Waals surface area contributed by atoms with Gasteiger partial charge in [-0.1, -0.05) is 0 Å². The number of anilines is 2. The Balaban J connectivity index is 1.41. The second kappa shape index (κ2) is 8.92. The van der Waals surface area contributed by atoms with Crippen molar-refractivity contribution in [1.82, 2.24) is 15.2 Å². The van der Waals surface area contributed by atoms with Gasteiger partial charge < -0.3 is 30.3 Å². The first kappa shape index (κ1) is 21.1. The Bertz CT molecular complexity index is 1160. The minimum Gasteiger partial charge on any atom is -0.467 e. The van der Waals surface area contributed by atoms with Crippen LogP contribution in [0.15, 0.2) is 53.3 Å². The largest absolute Gasteiger partial charge is 0.467 e. The summed E-state index contributed by atoms with van der Waals surface area (Å²) < 4.78 is 33.5. The molecule has 32 heavy (non-hydrogen) atoms. The molecule has 3 heterocycles. The lowest BCUT2D eigenvalue weighted by Crippen LogP contribution is -2.40. The second-order valence-corrected chi connectivity index (χ2v) is 7.15. The molecule has 0 aliphatic carbocycles. The number of halogens is 2. The smallest absolute Gasteiger partial charge is 0.323 e. The molecule has 1 atom stereocenters. The topological polar surface area (TPSA) is 117 Å². The summed E-state index contributed by atoms with van der Waals surface area (Å²) in [6.45, 7) is 0.484. The van der Waals surface area contributed by atoms with Crippen molar-refractivity contribution in [3.05, 3.63) is 71.9 Å². The minimum atomic E-state index is -0.920. The van der Waals surface area contributed by atoms with Crippen molar-refractivity contribution in [3.63, 3.8) is 0 Å². The van der Waals surface area contributed by atoms with Gasteiger partial charge in [0.15, 0.2) is 0 Å². The Hall–Kier alpha value is -4.15. The molecule has 1 aliphatic heterocycles. The van der Waals surface area contributed by atoms with Gasteiger partial charge in [-0.25, -0.2) is 13.6 Å². The first-order chi connectivity index (χ1) is 15.4. The van der Waals surface area contributed by atoms with E-state index in [4.69, 9.17) is 4.42 Å². The van der Waals surface area contributed by atoms with E-state index < -0.39 is 17.7 Å². The lowest BCUT2D eigenvalue weighted by Gasteiger charge is -2.25. The highest BCUT2D eigenvalue weighted by Gasteiger charge is 2.27. The Morgan fingerprint density at radius 2 is 2.03 bits per heavy atom. The van der Waals surface area contributed by atoms with Gasteiger partial charge in [0.1, 0.15) is 23.1 Å². The Morgan fingerprint density at radius 1 is 1.19 bits per heavy atom. The third-order valence-corrected chi connectivity index (χ3v) is 4.87. The van der Waals surface area contributed by atoms with Crippen LogP contribution in [0.2, 0.25) is 0 Å². The summed E-state index contributed by atoms with van der Waals surface area (Å²) in [4.78, 5) is 36.7. The molecular weight excluding hydrogens is 424 g/mol. The van der Waals surface area contributed by atoms with E-state index in [9.17, 15) is 23.2 Å². The highest BCUT2D eigenvalue weighted by Crippen LogP contribution is 2.25. The van der Waals surface area contributed by atoms with Gasteiger partial charge in [0.25, 0.3) is 5.91 Å². The summed E-state index contributed by atoms with van der Waals surface area (Å²) >= 11 is 0. The fraction of sp³-hybridized carbons (Fsp3) is 0.190. The van der Waals surface area contributed by atoms with Crippen LogP contribution in [0.4, 0.5) is 25.0 Å². The van der Waals surface area contributed by atoms with E-state index in [2.05, 4.69) is 21.3 Å². The second-order valence-electron chi connectivity index (χ2n) is 7.15. The number of nitrogens with zero attached hydrogens (tertiary/aromatic N) is 1. The quantitative estimate of drug-likeness (QED) is 0.469. The molecule has 3 aromatic rings. The molecule has 166 valence electrons. The monoisotopic (exact) mass is 443 g/mol. The molecule has 1 unspecified atom stereocenters. The molecule has 0 fully saturated rings. The predicted octanol–water partition coefficient (Wildman–Crippen LogP) is 2.99. The molecule has 2 aromatic heterocycles. The van der Waals surface area contributed by atoms with Gasteiger partial charge in [0, 0.05) is 25.2 Å². The molecule has 0 spiro atoms. The van der Waals surface area contributed by atoms with Crippen LogP contribution >= 0.6 is 0 Å². The summed E-state index contributed by atoms with van der Waals surface area (Å²) in [6, 6.07) is 6.54. The van der Waals surface area contributed by atoms with Crippen LogP contribution in [-0.2, 0) is 11.3 Å². The molecule has 1 aliphatic rings. The molecular formula is C21H19F2N5O4. The standard InChI is InChI=1S/C21H19F2N5O4/c22-12-3-4-17(16(23)6-12)27-21(31)26-13-7-18-20(30)25-9-14(28(18)11-13)8-19(29)24-10-15-2-1-5-32-15/h1-7,11,14H,8-10H2,(H,24,29)(H,25,30)(H2,26,27,31). The Morgan fingerprint density at radius 3 is 2.78 bits per heavy atom. The molecule has 11 heteroatoms. The number of nitrogens with one attached hydrogen (secondary N) is 4. The van der Waals surface area contributed by atoms with Crippen molar-refractivity contribution < 1.29 is 27.6 Å². The molecule has 4 amide bonds.